The molecule has 2 aromatic rings. The van der Waals surface area contributed by atoms with E-state index in [1.165, 1.54) is 13.4 Å². The van der Waals surface area contributed by atoms with Crippen molar-refractivity contribution in [3.63, 3.8) is 0 Å². The van der Waals surface area contributed by atoms with Gasteiger partial charge < -0.3 is 9.15 Å². The molecular weight excluding hydrogens is 248 g/mol. The molecule has 2 rings (SSSR count). The minimum Gasteiger partial charge on any atom is -0.493 e. The lowest BCUT2D eigenvalue weighted by Crippen LogP contribution is -2.01. The number of benzene rings is 1. The zero-order valence-corrected chi connectivity index (χ0v) is 9.00. The van der Waals surface area contributed by atoms with Crippen molar-refractivity contribution in [2.45, 2.75) is 0 Å². The van der Waals surface area contributed by atoms with Crippen LogP contribution in [0.2, 0.25) is 0 Å². The Morgan fingerprint density at radius 2 is 2.21 bits per heavy atom. The summed E-state index contributed by atoms with van der Waals surface area (Å²) in [5, 5.41) is 0.513. The average Bonchev–Trinajstić information content (AvgIpc) is 2.23. The molecule has 0 spiro atoms. The van der Waals surface area contributed by atoms with Gasteiger partial charge in [0.1, 0.15) is 10.7 Å². The zero-order valence-electron chi connectivity index (χ0n) is 7.41. The predicted molar refractivity (Wildman–Crippen MR) is 56.7 cm³/mol. The van der Waals surface area contributed by atoms with Crippen LogP contribution < -0.4 is 10.2 Å². The minimum absolute atomic E-state index is 0.0925. The second kappa shape index (κ2) is 3.46. The Morgan fingerprint density at radius 1 is 1.43 bits per heavy atom. The van der Waals surface area contributed by atoms with Crippen LogP contribution in [0.1, 0.15) is 0 Å². The quantitative estimate of drug-likeness (QED) is 0.786. The van der Waals surface area contributed by atoms with Crippen LogP contribution in [0.4, 0.5) is 0 Å². The molecule has 72 valence electrons. The smallest absolute Gasteiger partial charge is 0.206 e. The van der Waals surface area contributed by atoms with E-state index < -0.39 is 0 Å². The zero-order chi connectivity index (χ0) is 10.1. The molecule has 0 N–H and O–H groups in total. The number of hydrogen-bond donors (Lipinski definition) is 0. The SMILES string of the molecule is COc1cccc2c(=O)c(Br)coc12. The fraction of sp³-hybridized carbons (Fsp3) is 0.100. The molecule has 0 amide bonds. The summed E-state index contributed by atoms with van der Waals surface area (Å²) < 4.78 is 10.8. The Balaban J connectivity index is 2.93. The number of rotatable bonds is 1. The second-order valence-electron chi connectivity index (χ2n) is 2.75. The van der Waals surface area contributed by atoms with Gasteiger partial charge in [0.05, 0.1) is 12.5 Å². The fourth-order valence-electron chi connectivity index (χ4n) is 1.27. The van der Waals surface area contributed by atoms with Gasteiger partial charge in [-0.1, -0.05) is 6.07 Å². The Labute approximate surface area is 88.4 Å². The fourth-order valence-corrected chi connectivity index (χ4v) is 1.58. The van der Waals surface area contributed by atoms with Gasteiger partial charge in [-0.25, -0.2) is 0 Å². The van der Waals surface area contributed by atoms with Gasteiger partial charge in [0.25, 0.3) is 0 Å². The van der Waals surface area contributed by atoms with E-state index in [4.69, 9.17) is 9.15 Å². The van der Waals surface area contributed by atoms with Gasteiger partial charge in [-0.05, 0) is 28.1 Å². The van der Waals surface area contributed by atoms with Crippen molar-refractivity contribution in [3.05, 3.63) is 39.2 Å². The van der Waals surface area contributed by atoms with Gasteiger partial charge in [-0.2, -0.15) is 0 Å². The molecule has 0 saturated heterocycles. The van der Waals surface area contributed by atoms with Crippen molar-refractivity contribution in [3.8, 4) is 5.75 Å². The third kappa shape index (κ3) is 1.32. The van der Waals surface area contributed by atoms with Crippen molar-refractivity contribution >= 4 is 26.9 Å². The second-order valence-corrected chi connectivity index (χ2v) is 3.60. The molecule has 0 aliphatic heterocycles. The molecule has 0 unspecified atom stereocenters. The number of halogens is 1. The summed E-state index contributed by atoms with van der Waals surface area (Å²) in [7, 11) is 1.54. The topological polar surface area (TPSA) is 39.4 Å². The highest BCUT2D eigenvalue weighted by molar-refractivity contribution is 9.10. The summed E-state index contributed by atoms with van der Waals surface area (Å²) in [5.41, 5.74) is 0.383. The normalized spacial score (nSPS) is 10.4. The Morgan fingerprint density at radius 3 is 2.93 bits per heavy atom. The highest BCUT2D eigenvalue weighted by Gasteiger charge is 2.08. The molecule has 14 heavy (non-hydrogen) atoms. The van der Waals surface area contributed by atoms with Gasteiger partial charge in [0.2, 0.25) is 5.43 Å². The van der Waals surface area contributed by atoms with E-state index in [-0.39, 0.29) is 5.43 Å². The Bertz CT molecular complexity index is 530. The molecule has 0 radical (unpaired) electrons. The highest BCUT2D eigenvalue weighted by atomic mass is 79.9. The molecule has 0 aliphatic carbocycles. The molecule has 1 heterocycles. The maximum absolute atomic E-state index is 11.6. The summed E-state index contributed by atoms with van der Waals surface area (Å²) >= 11 is 3.12. The Kier molecular flexibility index (Phi) is 2.29. The van der Waals surface area contributed by atoms with Crippen molar-refractivity contribution in [1.29, 1.82) is 0 Å². The number of hydrogen-bond acceptors (Lipinski definition) is 3. The third-order valence-electron chi connectivity index (χ3n) is 1.94. The van der Waals surface area contributed by atoms with E-state index in [1.54, 1.807) is 18.2 Å². The van der Waals surface area contributed by atoms with Crippen molar-refractivity contribution in [2.75, 3.05) is 7.11 Å². The minimum atomic E-state index is -0.0925. The molecule has 0 atom stereocenters. The van der Waals surface area contributed by atoms with Crippen LogP contribution >= 0.6 is 15.9 Å². The van der Waals surface area contributed by atoms with Crippen LogP contribution in [0.15, 0.2) is 38.1 Å². The predicted octanol–water partition coefficient (Wildman–Crippen LogP) is 2.56. The van der Waals surface area contributed by atoms with E-state index in [2.05, 4.69) is 15.9 Å². The van der Waals surface area contributed by atoms with Gasteiger partial charge in [-0.15, -0.1) is 0 Å². The Hall–Kier alpha value is -1.29. The van der Waals surface area contributed by atoms with E-state index in [0.717, 1.165) is 0 Å². The molecular formula is C10H7BrO3. The summed E-state index contributed by atoms with van der Waals surface area (Å²) in [4.78, 5) is 11.6. The third-order valence-corrected chi connectivity index (χ3v) is 2.49. The standard InChI is InChI=1S/C10H7BrO3/c1-13-8-4-2-3-6-9(12)7(11)5-14-10(6)8/h2-5H,1H3. The van der Waals surface area contributed by atoms with Crippen LogP contribution in [0.25, 0.3) is 11.0 Å². The van der Waals surface area contributed by atoms with Crippen LogP contribution in [0.3, 0.4) is 0 Å². The van der Waals surface area contributed by atoms with Crippen molar-refractivity contribution < 1.29 is 9.15 Å². The lowest BCUT2D eigenvalue weighted by molar-refractivity contribution is 0.409. The summed E-state index contributed by atoms with van der Waals surface area (Å²) in [5.74, 6) is 0.562. The maximum atomic E-state index is 11.6. The molecule has 0 fully saturated rings. The van der Waals surface area contributed by atoms with E-state index in [0.29, 0.717) is 21.2 Å². The van der Waals surface area contributed by atoms with E-state index in [9.17, 15) is 4.79 Å². The first-order valence-corrected chi connectivity index (χ1v) is 4.77. The van der Waals surface area contributed by atoms with Gasteiger partial charge >= 0.3 is 0 Å². The first kappa shape index (κ1) is 9.27. The first-order valence-electron chi connectivity index (χ1n) is 3.98. The molecule has 0 aliphatic rings. The van der Waals surface area contributed by atoms with Crippen LogP contribution in [-0.4, -0.2) is 7.11 Å². The first-order chi connectivity index (χ1) is 6.74. The molecule has 3 nitrogen and oxygen atoms in total. The van der Waals surface area contributed by atoms with Gasteiger partial charge in [0, 0.05) is 0 Å². The van der Waals surface area contributed by atoms with Gasteiger partial charge in [-0.3, -0.25) is 4.79 Å². The van der Waals surface area contributed by atoms with Gasteiger partial charge in [0.15, 0.2) is 11.3 Å². The lowest BCUT2D eigenvalue weighted by atomic mass is 10.2. The van der Waals surface area contributed by atoms with Crippen LogP contribution in [0, 0.1) is 0 Å². The molecule has 0 bridgehead atoms. The summed E-state index contributed by atoms with van der Waals surface area (Å²) in [6.45, 7) is 0. The number of methoxy groups -OCH3 is 1. The number of fused-ring (bicyclic) bond motifs is 1. The van der Waals surface area contributed by atoms with Crippen LogP contribution in [-0.2, 0) is 0 Å². The largest absolute Gasteiger partial charge is 0.493 e. The van der Waals surface area contributed by atoms with Crippen LogP contribution in [0.5, 0.6) is 5.75 Å². The lowest BCUT2D eigenvalue weighted by Gasteiger charge is -2.02. The monoisotopic (exact) mass is 254 g/mol. The van der Waals surface area contributed by atoms with E-state index >= 15 is 0 Å². The maximum Gasteiger partial charge on any atom is 0.206 e. The number of ether oxygens (including phenoxy) is 1. The van der Waals surface area contributed by atoms with Crippen molar-refractivity contribution in [2.24, 2.45) is 0 Å². The van der Waals surface area contributed by atoms with Crippen molar-refractivity contribution in [1.82, 2.24) is 0 Å². The molecule has 0 saturated carbocycles. The highest BCUT2D eigenvalue weighted by Crippen LogP contribution is 2.24. The molecule has 1 aromatic carbocycles. The average molecular weight is 255 g/mol. The molecule has 4 heteroatoms. The summed E-state index contributed by atoms with van der Waals surface area (Å²) in [6, 6.07) is 5.21. The molecule has 1 aromatic heterocycles. The summed E-state index contributed by atoms with van der Waals surface area (Å²) in [6.07, 6.45) is 1.37. The van der Waals surface area contributed by atoms with E-state index in [1.807, 2.05) is 0 Å². The number of para-hydroxylation sites is 1.